The standard InChI is InChI=1S/C41H49Cl2F3N6O2/c42-35-4-1-5-36(43)34(35)26-50-22-15-39(16-23-50)12-2-20-51(28-39)25-29-6-11-37-32(24-29)33(30-7-9-31(10-8-30)54-41(44,45)46)27-52(37)21-3-17-49-38(53)40(47)13-18-48-19-14-40/h1,4-11,24,27,48H,2-3,12-23,25-26,28,47H2,(H,49,53). The smallest absolute Gasteiger partial charge is 0.406 e. The minimum Gasteiger partial charge on any atom is -0.406 e. The number of carbonyl (C=O) groups is 1. The summed E-state index contributed by atoms with van der Waals surface area (Å²) in [6.45, 7) is 8.30. The summed E-state index contributed by atoms with van der Waals surface area (Å²) in [5, 5.41) is 8.76. The van der Waals surface area contributed by atoms with Gasteiger partial charge in [-0.15, -0.1) is 13.2 Å². The number of aryl methyl sites for hydroxylation is 1. The molecule has 7 rings (SSSR count). The minimum absolute atomic E-state index is 0.111. The Morgan fingerprint density at radius 3 is 2.33 bits per heavy atom. The van der Waals surface area contributed by atoms with Crippen molar-refractivity contribution in [1.29, 1.82) is 0 Å². The Labute approximate surface area is 325 Å². The highest BCUT2D eigenvalue weighted by molar-refractivity contribution is 6.36. The highest BCUT2D eigenvalue weighted by Crippen LogP contribution is 2.41. The second-order valence-corrected chi connectivity index (χ2v) is 16.3. The zero-order valence-electron chi connectivity index (χ0n) is 30.5. The van der Waals surface area contributed by atoms with E-state index in [0.717, 1.165) is 109 Å². The van der Waals surface area contributed by atoms with Crippen molar-refractivity contribution >= 4 is 40.0 Å². The van der Waals surface area contributed by atoms with E-state index in [4.69, 9.17) is 28.9 Å². The number of likely N-dealkylation sites (tertiary alicyclic amines) is 2. The van der Waals surface area contributed by atoms with Gasteiger partial charge in [-0.1, -0.05) is 47.5 Å². The zero-order valence-corrected chi connectivity index (χ0v) is 32.0. The first-order chi connectivity index (χ1) is 25.9. The summed E-state index contributed by atoms with van der Waals surface area (Å²) >= 11 is 13.0. The lowest BCUT2D eigenvalue weighted by atomic mass is 9.72. The Bertz CT molecular complexity index is 1900. The highest BCUT2D eigenvalue weighted by Gasteiger charge is 2.39. The number of benzene rings is 3. The molecule has 3 aliphatic heterocycles. The summed E-state index contributed by atoms with van der Waals surface area (Å²) in [7, 11) is 0. The molecular formula is C41H49Cl2F3N6O2. The molecule has 3 saturated heterocycles. The molecule has 4 aromatic rings. The van der Waals surface area contributed by atoms with Crippen LogP contribution in [0.3, 0.4) is 0 Å². The zero-order chi connectivity index (χ0) is 37.9. The average Bonchev–Trinajstić information content (AvgIpc) is 3.50. The molecule has 1 amide bonds. The van der Waals surface area contributed by atoms with Gasteiger partial charge >= 0.3 is 6.36 Å². The van der Waals surface area contributed by atoms with Gasteiger partial charge < -0.3 is 25.7 Å². The van der Waals surface area contributed by atoms with Crippen LogP contribution in [0.2, 0.25) is 10.0 Å². The number of carbonyl (C=O) groups excluding carboxylic acids is 1. The van der Waals surface area contributed by atoms with Crippen LogP contribution in [0.4, 0.5) is 13.2 Å². The quantitative estimate of drug-likeness (QED) is 0.134. The fraction of sp³-hybridized carbons (Fsp3) is 0.488. The molecule has 4 heterocycles. The van der Waals surface area contributed by atoms with Gasteiger partial charge in [-0.3, -0.25) is 14.6 Å². The molecule has 290 valence electrons. The second-order valence-electron chi connectivity index (χ2n) is 15.5. The molecule has 3 aliphatic rings. The number of halogens is 5. The normalized spacial score (nSPS) is 19.3. The third-order valence-electron chi connectivity index (χ3n) is 11.7. The molecule has 1 spiro atoms. The van der Waals surface area contributed by atoms with Crippen molar-refractivity contribution in [3.8, 4) is 16.9 Å². The summed E-state index contributed by atoms with van der Waals surface area (Å²) in [6.07, 6.45) is 3.88. The molecule has 8 nitrogen and oxygen atoms in total. The van der Waals surface area contributed by atoms with Crippen molar-refractivity contribution in [1.82, 2.24) is 25.0 Å². The first-order valence-corrected chi connectivity index (χ1v) is 19.8. The Morgan fingerprint density at radius 1 is 0.907 bits per heavy atom. The number of rotatable bonds is 11. The first-order valence-electron chi connectivity index (χ1n) is 19.0. The highest BCUT2D eigenvalue weighted by atomic mass is 35.5. The lowest BCUT2D eigenvalue weighted by Crippen LogP contribution is -2.59. The van der Waals surface area contributed by atoms with E-state index >= 15 is 0 Å². The molecule has 0 unspecified atom stereocenters. The molecule has 0 radical (unpaired) electrons. The van der Waals surface area contributed by atoms with Gasteiger partial charge in [0.05, 0.1) is 5.54 Å². The molecule has 3 fully saturated rings. The monoisotopic (exact) mass is 784 g/mol. The number of piperidine rings is 3. The number of alkyl halides is 3. The Balaban J connectivity index is 1.04. The first kappa shape index (κ1) is 38.9. The predicted octanol–water partition coefficient (Wildman–Crippen LogP) is 7.98. The molecule has 3 aromatic carbocycles. The van der Waals surface area contributed by atoms with Crippen molar-refractivity contribution in [2.75, 3.05) is 45.8 Å². The SMILES string of the molecule is NC1(C(=O)NCCCn2cc(-c3ccc(OC(F)(F)F)cc3)c3cc(CN4CCCC5(CCN(Cc6c(Cl)cccc6Cl)CC5)C4)ccc32)CCNCC1. The predicted molar refractivity (Wildman–Crippen MR) is 209 cm³/mol. The molecule has 54 heavy (non-hydrogen) atoms. The van der Waals surface area contributed by atoms with E-state index < -0.39 is 11.9 Å². The number of amides is 1. The number of ether oxygens (including phenoxy) is 1. The second kappa shape index (κ2) is 16.4. The summed E-state index contributed by atoms with van der Waals surface area (Å²) in [4.78, 5) is 17.9. The van der Waals surface area contributed by atoms with Crippen LogP contribution in [0.5, 0.6) is 5.75 Å². The van der Waals surface area contributed by atoms with Gasteiger partial charge in [-0.25, -0.2) is 0 Å². The molecule has 0 aliphatic carbocycles. The number of hydrogen-bond donors (Lipinski definition) is 3. The number of aromatic nitrogens is 1. The number of nitrogens with one attached hydrogen (secondary N) is 2. The topological polar surface area (TPSA) is 87.8 Å². The van der Waals surface area contributed by atoms with Crippen molar-refractivity contribution in [3.05, 3.63) is 88.0 Å². The summed E-state index contributed by atoms with van der Waals surface area (Å²) in [6, 6.07) is 18.3. The largest absolute Gasteiger partial charge is 0.573 e. The van der Waals surface area contributed by atoms with Gasteiger partial charge in [-0.2, -0.15) is 0 Å². The molecule has 1 aromatic heterocycles. The van der Waals surface area contributed by atoms with Crippen LogP contribution in [0.1, 0.15) is 56.1 Å². The molecular weight excluding hydrogens is 736 g/mol. The van der Waals surface area contributed by atoms with E-state index in [2.05, 4.69) is 54.1 Å². The summed E-state index contributed by atoms with van der Waals surface area (Å²) in [5.41, 5.74) is 10.8. The number of fused-ring (bicyclic) bond motifs is 1. The van der Waals surface area contributed by atoms with Crippen LogP contribution in [0, 0.1) is 5.41 Å². The van der Waals surface area contributed by atoms with Gasteiger partial charge in [0.2, 0.25) is 5.91 Å². The number of hydrogen-bond acceptors (Lipinski definition) is 6. The molecule has 0 atom stereocenters. The maximum atomic E-state index is 12.9. The van der Waals surface area contributed by atoms with Gasteiger partial charge in [0.1, 0.15) is 5.75 Å². The summed E-state index contributed by atoms with van der Waals surface area (Å²) < 4.78 is 45.0. The van der Waals surface area contributed by atoms with E-state index in [1.54, 1.807) is 12.1 Å². The third-order valence-corrected chi connectivity index (χ3v) is 12.4. The van der Waals surface area contributed by atoms with Gasteiger partial charge in [-0.05, 0) is 131 Å². The molecule has 0 saturated carbocycles. The van der Waals surface area contributed by atoms with Gasteiger partial charge in [0.25, 0.3) is 0 Å². The van der Waals surface area contributed by atoms with Crippen LogP contribution in [0.25, 0.3) is 22.0 Å². The maximum Gasteiger partial charge on any atom is 0.573 e. The fourth-order valence-electron chi connectivity index (χ4n) is 8.63. The van der Waals surface area contributed by atoms with Crippen molar-refractivity contribution in [3.63, 3.8) is 0 Å². The minimum atomic E-state index is -4.76. The van der Waals surface area contributed by atoms with Crippen molar-refractivity contribution in [2.24, 2.45) is 11.1 Å². The van der Waals surface area contributed by atoms with E-state index in [9.17, 15) is 18.0 Å². The van der Waals surface area contributed by atoms with Crippen molar-refractivity contribution < 1.29 is 22.7 Å². The maximum absolute atomic E-state index is 12.9. The van der Waals surface area contributed by atoms with E-state index in [0.29, 0.717) is 32.4 Å². The van der Waals surface area contributed by atoms with Crippen LogP contribution in [0.15, 0.2) is 66.9 Å². The molecule has 4 N–H and O–H groups in total. The third kappa shape index (κ3) is 9.20. The molecule has 0 bridgehead atoms. The lowest BCUT2D eigenvalue weighted by molar-refractivity contribution is -0.274. The Morgan fingerprint density at radius 2 is 1.63 bits per heavy atom. The number of nitrogens with two attached hydrogens (primary N) is 1. The average molecular weight is 786 g/mol. The van der Waals surface area contributed by atoms with Crippen LogP contribution in [-0.4, -0.2) is 78.0 Å². The van der Waals surface area contributed by atoms with Crippen LogP contribution < -0.4 is 21.1 Å². The van der Waals surface area contributed by atoms with Gasteiger partial charge in [0.15, 0.2) is 0 Å². The molecule has 13 heteroatoms. The fourth-order valence-corrected chi connectivity index (χ4v) is 9.14. The van der Waals surface area contributed by atoms with Crippen LogP contribution >= 0.6 is 23.2 Å². The van der Waals surface area contributed by atoms with Gasteiger partial charge in [0, 0.05) is 71.0 Å². The summed E-state index contributed by atoms with van der Waals surface area (Å²) in [5.74, 6) is -0.365. The van der Waals surface area contributed by atoms with Crippen LogP contribution in [-0.2, 0) is 24.4 Å². The van der Waals surface area contributed by atoms with E-state index in [1.807, 2.05) is 18.2 Å². The Kier molecular flexibility index (Phi) is 11.8. The van der Waals surface area contributed by atoms with E-state index in [-0.39, 0.29) is 17.1 Å². The lowest BCUT2D eigenvalue weighted by Gasteiger charge is -2.48. The number of nitrogens with zero attached hydrogens (tertiary/aromatic N) is 3. The van der Waals surface area contributed by atoms with Crippen molar-refractivity contribution in [2.45, 2.75) is 76.5 Å². The van der Waals surface area contributed by atoms with E-state index in [1.165, 1.54) is 24.1 Å². The Hall–Kier alpha value is -3.32.